The number of hydrogen-bond donors (Lipinski definition) is 0. The zero-order valence-electron chi connectivity index (χ0n) is 11.0. The quantitative estimate of drug-likeness (QED) is 0.724. The Morgan fingerprint density at radius 3 is 2.25 bits per heavy atom. The van der Waals surface area contributed by atoms with Crippen molar-refractivity contribution in [3.8, 4) is 0 Å². The molecule has 1 heterocycles. The first-order chi connectivity index (χ1) is 9.46. The molecule has 0 aromatic heterocycles. The highest BCUT2D eigenvalue weighted by molar-refractivity contribution is 14.1. The second-order valence-corrected chi connectivity index (χ2v) is 8.98. The number of hydrogen-bond acceptors (Lipinski definition) is 3. The van der Waals surface area contributed by atoms with E-state index < -0.39 is 9.84 Å². The van der Waals surface area contributed by atoms with Gasteiger partial charge in [-0.1, -0.05) is 0 Å². The molecule has 0 spiro atoms. The molecule has 3 rings (SSSR count). The van der Waals surface area contributed by atoms with Crippen LogP contribution in [0.15, 0.2) is 24.3 Å². The summed E-state index contributed by atoms with van der Waals surface area (Å²) in [6, 6.07) is 7.56. The third-order valence-corrected chi connectivity index (χ3v) is 6.34. The summed E-state index contributed by atoms with van der Waals surface area (Å²) in [6.45, 7) is 0. The minimum atomic E-state index is -2.96. The summed E-state index contributed by atoms with van der Waals surface area (Å²) in [6.07, 6.45) is 2.56. The van der Waals surface area contributed by atoms with Crippen molar-refractivity contribution < 1.29 is 13.2 Å². The Kier molecular flexibility index (Phi) is 3.79. The number of nitrogens with zero attached hydrogens (tertiary/aromatic N) is 1. The number of carbonyl (C=O) groups excluding carboxylic acids is 1. The molecule has 1 aliphatic heterocycles. The van der Waals surface area contributed by atoms with E-state index in [1.54, 1.807) is 0 Å². The van der Waals surface area contributed by atoms with E-state index >= 15 is 0 Å². The summed E-state index contributed by atoms with van der Waals surface area (Å²) in [5.74, 6) is 0.312. The van der Waals surface area contributed by atoms with Crippen LogP contribution in [0.25, 0.3) is 0 Å². The Bertz CT molecular complexity index is 622. The Morgan fingerprint density at radius 2 is 1.75 bits per heavy atom. The number of sulfone groups is 1. The van der Waals surface area contributed by atoms with Crippen LogP contribution in [0.5, 0.6) is 0 Å². The van der Waals surface area contributed by atoms with Crippen LogP contribution in [0.4, 0.5) is 0 Å². The van der Waals surface area contributed by atoms with Crippen LogP contribution < -0.4 is 0 Å². The molecule has 1 aliphatic carbocycles. The van der Waals surface area contributed by atoms with Crippen LogP contribution in [0, 0.1) is 3.57 Å². The van der Waals surface area contributed by atoms with Crippen LogP contribution in [-0.4, -0.2) is 42.8 Å². The molecule has 1 aromatic carbocycles. The first-order valence-electron chi connectivity index (χ1n) is 6.75. The summed E-state index contributed by atoms with van der Waals surface area (Å²) in [7, 11) is -2.96. The molecule has 0 N–H and O–H groups in total. The van der Waals surface area contributed by atoms with Crippen molar-refractivity contribution in [3.05, 3.63) is 33.4 Å². The molecule has 1 unspecified atom stereocenters. The SMILES string of the molecule is O=C(c1ccc(I)cc1)N(C1CC1)C1CCS(=O)(=O)C1. The molecule has 2 aliphatic rings. The fraction of sp³-hybridized carbons (Fsp3) is 0.500. The van der Waals surface area contributed by atoms with Gasteiger partial charge in [0, 0.05) is 21.2 Å². The molecule has 1 atom stereocenters. The highest BCUT2D eigenvalue weighted by atomic mass is 127. The molecule has 0 bridgehead atoms. The van der Waals surface area contributed by atoms with Crippen molar-refractivity contribution in [2.75, 3.05) is 11.5 Å². The second kappa shape index (κ2) is 5.29. The summed E-state index contributed by atoms with van der Waals surface area (Å²) in [5, 5.41) is 0. The zero-order chi connectivity index (χ0) is 14.3. The third kappa shape index (κ3) is 3.00. The van der Waals surface area contributed by atoms with Gasteiger partial charge < -0.3 is 4.90 Å². The Balaban J connectivity index is 1.84. The van der Waals surface area contributed by atoms with Crippen LogP contribution in [-0.2, 0) is 9.84 Å². The van der Waals surface area contributed by atoms with E-state index in [4.69, 9.17) is 0 Å². The van der Waals surface area contributed by atoms with Gasteiger partial charge in [0.1, 0.15) is 0 Å². The Labute approximate surface area is 132 Å². The lowest BCUT2D eigenvalue weighted by Crippen LogP contribution is -2.42. The van der Waals surface area contributed by atoms with E-state index in [0.717, 1.165) is 16.4 Å². The highest BCUT2D eigenvalue weighted by Gasteiger charge is 2.42. The van der Waals surface area contributed by atoms with E-state index in [9.17, 15) is 13.2 Å². The minimum Gasteiger partial charge on any atom is -0.332 e. The number of halogens is 1. The van der Waals surface area contributed by atoms with Gasteiger partial charge in [0.15, 0.2) is 9.84 Å². The number of rotatable bonds is 3. The summed E-state index contributed by atoms with van der Waals surface area (Å²) >= 11 is 2.20. The van der Waals surface area contributed by atoms with Gasteiger partial charge in [0.05, 0.1) is 11.5 Å². The molecule has 1 saturated carbocycles. The third-order valence-electron chi connectivity index (χ3n) is 3.87. The summed E-state index contributed by atoms with van der Waals surface area (Å²) < 4.78 is 24.4. The highest BCUT2D eigenvalue weighted by Crippen LogP contribution is 2.33. The van der Waals surface area contributed by atoms with Gasteiger partial charge in [-0.2, -0.15) is 0 Å². The molecular weight excluding hydrogens is 389 g/mol. The van der Waals surface area contributed by atoms with Crippen LogP contribution in [0.3, 0.4) is 0 Å². The Hall–Kier alpha value is -0.630. The number of amides is 1. The molecule has 1 aromatic rings. The van der Waals surface area contributed by atoms with E-state index in [1.165, 1.54) is 0 Å². The normalized spacial score (nSPS) is 24.6. The minimum absolute atomic E-state index is 0.0222. The molecule has 0 radical (unpaired) electrons. The first kappa shape index (κ1) is 14.3. The van der Waals surface area contributed by atoms with Crippen molar-refractivity contribution >= 4 is 38.3 Å². The van der Waals surface area contributed by atoms with Crippen molar-refractivity contribution in [2.24, 2.45) is 0 Å². The zero-order valence-corrected chi connectivity index (χ0v) is 13.9. The largest absolute Gasteiger partial charge is 0.332 e. The van der Waals surface area contributed by atoms with Gasteiger partial charge in [-0.3, -0.25) is 4.79 Å². The lowest BCUT2D eigenvalue weighted by atomic mass is 10.1. The topological polar surface area (TPSA) is 54.5 Å². The maximum absolute atomic E-state index is 12.7. The van der Waals surface area contributed by atoms with Gasteiger partial charge in [-0.05, 0) is 66.1 Å². The molecular formula is C14H16INO3S. The van der Waals surface area contributed by atoms with Crippen molar-refractivity contribution in [3.63, 3.8) is 0 Å². The van der Waals surface area contributed by atoms with E-state index in [2.05, 4.69) is 22.6 Å². The molecule has 108 valence electrons. The molecule has 6 heteroatoms. The molecule has 1 amide bonds. The van der Waals surface area contributed by atoms with Gasteiger partial charge in [-0.25, -0.2) is 8.42 Å². The molecule has 4 nitrogen and oxygen atoms in total. The molecule has 20 heavy (non-hydrogen) atoms. The summed E-state index contributed by atoms with van der Waals surface area (Å²) in [4.78, 5) is 14.5. The Morgan fingerprint density at radius 1 is 1.10 bits per heavy atom. The predicted molar refractivity (Wildman–Crippen MR) is 85.4 cm³/mol. The lowest BCUT2D eigenvalue weighted by molar-refractivity contribution is 0.0681. The smallest absolute Gasteiger partial charge is 0.254 e. The number of carbonyl (C=O) groups is 1. The predicted octanol–water partition coefficient (Wildman–Crippen LogP) is 2.08. The van der Waals surface area contributed by atoms with Crippen LogP contribution >= 0.6 is 22.6 Å². The summed E-state index contributed by atoms with van der Waals surface area (Å²) in [5.41, 5.74) is 0.654. The number of benzene rings is 1. The maximum Gasteiger partial charge on any atom is 0.254 e. The van der Waals surface area contributed by atoms with E-state index in [0.29, 0.717) is 12.0 Å². The van der Waals surface area contributed by atoms with Crippen LogP contribution in [0.2, 0.25) is 0 Å². The van der Waals surface area contributed by atoms with Crippen LogP contribution in [0.1, 0.15) is 29.6 Å². The average Bonchev–Trinajstić information content (AvgIpc) is 3.15. The fourth-order valence-corrected chi connectivity index (χ4v) is 4.79. The standard InChI is InChI=1S/C14H16INO3S/c15-11-3-1-10(2-4-11)14(17)16(12-5-6-12)13-7-8-20(18,19)9-13/h1-4,12-13H,5-9H2. The van der Waals surface area contributed by atoms with Crippen molar-refractivity contribution in [1.29, 1.82) is 0 Å². The van der Waals surface area contributed by atoms with Crippen molar-refractivity contribution in [2.45, 2.75) is 31.3 Å². The maximum atomic E-state index is 12.7. The van der Waals surface area contributed by atoms with Gasteiger partial charge in [-0.15, -0.1) is 0 Å². The first-order valence-corrected chi connectivity index (χ1v) is 9.65. The van der Waals surface area contributed by atoms with Gasteiger partial charge >= 0.3 is 0 Å². The molecule has 1 saturated heterocycles. The van der Waals surface area contributed by atoms with Gasteiger partial charge in [0.2, 0.25) is 0 Å². The average molecular weight is 405 g/mol. The van der Waals surface area contributed by atoms with Gasteiger partial charge in [0.25, 0.3) is 5.91 Å². The second-order valence-electron chi connectivity index (χ2n) is 5.51. The lowest BCUT2D eigenvalue weighted by Gasteiger charge is -2.28. The monoisotopic (exact) mass is 405 g/mol. The fourth-order valence-electron chi connectivity index (χ4n) is 2.72. The van der Waals surface area contributed by atoms with E-state index in [-0.39, 0.29) is 29.5 Å². The van der Waals surface area contributed by atoms with Crippen molar-refractivity contribution in [1.82, 2.24) is 4.90 Å². The van der Waals surface area contributed by atoms with E-state index in [1.807, 2.05) is 29.2 Å². The molecule has 2 fully saturated rings.